The lowest BCUT2D eigenvalue weighted by Gasteiger charge is -2.16. The topological polar surface area (TPSA) is 50.2 Å². The molecule has 0 aliphatic rings. The van der Waals surface area contributed by atoms with Crippen LogP contribution in [0.15, 0.2) is 17.1 Å². The van der Waals surface area contributed by atoms with E-state index in [4.69, 9.17) is 11.6 Å². The standard InChI is InChI=1S/C10H12ClN3O/c1-10(2,3)7-4-8(15)14-9(13-7)6(11)5-12-14/h4-5,12H,1-3H3. The first-order valence-corrected chi connectivity index (χ1v) is 5.04. The molecule has 0 aromatic carbocycles. The molecule has 0 aliphatic carbocycles. The summed E-state index contributed by atoms with van der Waals surface area (Å²) in [6.07, 6.45) is 1.55. The van der Waals surface area contributed by atoms with Gasteiger partial charge in [0, 0.05) is 17.7 Å². The summed E-state index contributed by atoms with van der Waals surface area (Å²) in [5, 5.41) is 3.20. The van der Waals surface area contributed by atoms with Crippen LogP contribution in [0.1, 0.15) is 26.5 Å². The maximum atomic E-state index is 11.7. The highest BCUT2D eigenvalue weighted by Crippen LogP contribution is 2.21. The van der Waals surface area contributed by atoms with Crippen molar-refractivity contribution >= 4 is 17.2 Å². The van der Waals surface area contributed by atoms with Gasteiger partial charge < -0.3 is 0 Å². The predicted molar refractivity (Wildman–Crippen MR) is 59.5 cm³/mol. The van der Waals surface area contributed by atoms with Crippen molar-refractivity contribution in [3.63, 3.8) is 0 Å². The molecule has 2 aromatic rings. The SMILES string of the molecule is CC(C)(C)c1cc(=O)n2[nH]cc(Cl)c2n1. The molecule has 0 aliphatic heterocycles. The fourth-order valence-electron chi connectivity index (χ4n) is 1.34. The van der Waals surface area contributed by atoms with Crippen molar-refractivity contribution in [2.45, 2.75) is 26.2 Å². The number of aromatic nitrogens is 3. The lowest BCUT2D eigenvalue weighted by Crippen LogP contribution is -2.21. The zero-order valence-corrected chi connectivity index (χ0v) is 9.59. The first kappa shape index (κ1) is 10.2. The highest BCUT2D eigenvalue weighted by Gasteiger charge is 2.18. The van der Waals surface area contributed by atoms with Crippen molar-refractivity contribution < 1.29 is 0 Å². The lowest BCUT2D eigenvalue weighted by molar-refractivity contribution is 0.566. The van der Waals surface area contributed by atoms with Gasteiger partial charge in [-0.1, -0.05) is 32.4 Å². The summed E-state index contributed by atoms with van der Waals surface area (Å²) in [7, 11) is 0. The van der Waals surface area contributed by atoms with Crippen LogP contribution in [-0.2, 0) is 5.41 Å². The number of halogens is 1. The van der Waals surface area contributed by atoms with E-state index in [9.17, 15) is 4.79 Å². The van der Waals surface area contributed by atoms with Crippen molar-refractivity contribution in [2.75, 3.05) is 0 Å². The molecule has 0 spiro atoms. The van der Waals surface area contributed by atoms with E-state index < -0.39 is 0 Å². The van der Waals surface area contributed by atoms with Crippen LogP contribution in [0.4, 0.5) is 0 Å². The number of H-pyrrole nitrogens is 1. The molecule has 0 radical (unpaired) electrons. The molecule has 4 nitrogen and oxygen atoms in total. The third-order valence-electron chi connectivity index (χ3n) is 2.22. The van der Waals surface area contributed by atoms with E-state index >= 15 is 0 Å². The fraction of sp³-hybridized carbons (Fsp3) is 0.400. The summed E-state index contributed by atoms with van der Waals surface area (Å²) in [4.78, 5) is 16.1. The second kappa shape index (κ2) is 3.10. The zero-order chi connectivity index (χ0) is 11.2. The smallest absolute Gasteiger partial charge is 0.272 e. The van der Waals surface area contributed by atoms with E-state index in [-0.39, 0.29) is 11.0 Å². The number of aromatic amines is 1. The molecule has 1 N–H and O–H groups in total. The van der Waals surface area contributed by atoms with E-state index in [1.807, 2.05) is 20.8 Å². The average molecular weight is 226 g/mol. The summed E-state index contributed by atoms with van der Waals surface area (Å²) < 4.78 is 1.33. The first-order valence-electron chi connectivity index (χ1n) is 4.67. The summed E-state index contributed by atoms with van der Waals surface area (Å²) in [5.41, 5.74) is 0.925. The molecule has 0 unspecified atom stereocenters. The third-order valence-corrected chi connectivity index (χ3v) is 2.50. The average Bonchev–Trinajstić information content (AvgIpc) is 2.47. The van der Waals surface area contributed by atoms with Crippen molar-refractivity contribution in [2.24, 2.45) is 0 Å². The second-order valence-corrected chi connectivity index (χ2v) is 4.92. The molecule has 2 rings (SSSR count). The van der Waals surface area contributed by atoms with Gasteiger partial charge in [0.05, 0.1) is 5.69 Å². The number of hydrogen-bond acceptors (Lipinski definition) is 2. The van der Waals surface area contributed by atoms with Crippen molar-refractivity contribution in [1.82, 2.24) is 14.6 Å². The molecule has 0 atom stereocenters. The van der Waals surface area contributed by atoms with Gasteiger partial charge in [-0.05, 0) is 0 Å². The molecule has 0 fully saturated rings. The number of rotatable bonds is 0. The van der Waals surface area contributed by atoms with Gasteiger partial charge in [0.1, 0.15) is 5.02 Å². The van der Waals surface area contributed by atoms with E-state index in [1.165, 1.54) is 10.6 Å². The Morgan fingerprint density at radius 1 is 1.47 bits per heavy atom. The minimum Gasteiger partial charge on any atom is -0.295 e. The first-order chi connectivity index (χ1) is 6.89. The Morgan fingerprint density at radius 2 is 2.13 bits per heavy atom. The summed E-state index contributed by atoms with van der Waals surface area (Å²) >= 11 is 5.91. The highest BCUT2D eigenvalue weighted by molar-refractivity contribution is 6.33. The summed E-state index contributed by atoms with van der Waals surface area (Å²) in [6, 6.07) is 1.53. The second-order valence-electron chi connectivity index (χ2n) is 4.51. The predicted octanol–water partition coefficient (Wildman–Crippen LogP) is 1.97. The molecular formula is C10H12ClN3O. The molecule has 5 heteroatoms. The number of fused-ring (bicyclic) bond motifs is 1. The molecule has 15 heavy (non-hydrogen) atoms. The number of nitrogens with zero attached hydrogens (tertiary/aromatic N) is 2. The lowest BCUT2D eigenvalue weighted by atomic mass is 9.92. The van der Waals surface area contributed by atoms with E-state index in [2.05, 4.69) is 10.1 Å². The van der Waals surface area contributed by atoms with Gasteiger partial charge in [-0.15, -0.1) is 0 Å². The fourth-order valence-corrected chi connectivity index (χ4v) is 1.51. The minimum atomic E-state index is -0.158. The van der Waals surface area contributed by atoms with Gasteiger partial charge in [0.15, 0.2) is 5.65 Å². The largest absolute Gasteiger partial charge is 0.295 e. The zero-order valence-electron chi connectivity index (χ0n) is 8.84. The Labute approximate surface area is 91.9 Å². The van der Waals surface area contributed by atoms with Crippen LogP contribution in [0.3, 0.4) is 0 Å². The molecule has 0 saturated carbocycles. The van der Waals surface area contributed by atoms with Crippen molar-refractivity contribution in [3.8, 4) is 0 Å². The molecule has 80 valence electrons. The summed E-state index contributed by atoms with van der Waals surface area (Å²) in [5.74, 6) is 0. The Balaban J connectivity index is 2.82. The molecule has 0 bridgehead atoms. The van der Waals surface area contributed by atoms with Crippen LogP contribution in [-0.4, -0.2) is 14.6 Å². The third kappa shape index (κ3) is 1.65. The van der Waals surface area contributed by atoms with E-state index in [0.29, 0.717) is 10.7 Å². The van der Waals surface area contributed by atoms with Gasteiger partial charge in [0.25, 0.3) is 5.56 Å². The number of nitrogens with one attached hydrogen (secondary N) is 1. The van der Waals surface area contributed by atoms with Crippen LogP contribution < -0.4 is 5.56 Å². The Kier molecular flexibility index (Phi) is 2.12. The molecule has 2 aromatic heterocycles. The van der Waals surface area contributed by atoms with Crippen LogP contribution in [0.5, 0.6) is 0 Å². The molecular weight excluding hydrogens is 214 g/mol. The van der Waals surface area contributed by atoms with E-state index in [0.717, 1.165) is 5.69 Å². The molecule has 0 saturated heterocycles. The maximum absolute atomic E-state index is 11.7. The van der Waals surface area contributed by atoms with Crippen molar-refractivity contribution in [3.05, 3.63) is 33.3 Å². The highest BCUT2D eigenvalue weighted by atomic mass is 35.5. The van der Waals surface area contributed by atoms with Gasteiger partial charge in [-0.25, -0.2) is 9.50 Å². The Bertz CT molecular complexity index is 562. The van der Waals surface area contributed by atoms with E-state index in [1.54, 1.807) is 6.20 Å². The molecule has 0 amide bonds. The summed E-state index contributed by atoms with van der Waals surface area (Å²) in [6.45, 7) is 6.02. The molecule has 2 heterocycles. The van der Waals surface area contributed by atoms with Crippen LogP contribution >= 0.6 is 11.6 Å². The van der Waals surface area contributed by atoms with Crippen LogP contribution in [0.25, 0.3) is 5.65 Å². The van der Waals surface area contributed by atoms with Crippen molar-refractivity contribution in [1.29, 1.82) is 0 Å². The minimum absolute atomic E-state index is 0.142. The maximum Gasteiger partial charge on any atom is 0.272 e. The Morgan fingerprint density at radius 3 is 2.73 bits per heavy atom. The van der Waals surface area contributed by atoms with Gasteiger partial charge >= 0.3 is 0 Å². The van der Waals surface area contributed by atoms with Gasteiger partial charge in [0.2, 0.25) is 0 Å². The monoisotopic (exact) mass is 225 g/mol. The normalized spacial score (nSPS) is 12.3. The van der Waals surface area contributed by atoms with Crippen LogP contribution in [0.2, 0.25) is 5.02 Å². The van der Waals surface area contributed by atoms with Gasteiger partial charge in [-0.2, -0.15) is 0 Å². The van der Waals surface area contributed by atoms with Gasteiger partial charge in [-0.3, -0.25) is 9.89 Å². The Hall–Kier alpha value is -1.29. The van der Waals surface area contributed by atoms with Crippen LogP contribution in [0, 0.1) is 0 Å². The number of hydrogen-bond donors (Lipinski definition) is 1. The quantitative estimate of drug-likeness (QED) is 0.745.